The lowest BCUT2D eigenvalue weighted by Gasteiger charge is -2.00. The van der Waals surface area contributed by atoms with Crippen LogP contribution in [0.15, 0.2) is 36.9 Å². The third-order valence-electron chi connectivity index (χ3n) is 1.78. The summed E-state index contributed by atoms with van der Waals surface area (Å²) in [7, 11) is 0. The first kappa shape index (κ1) is 8.43. The maximum Gasteiger partial charge on any atom is 0.335 e. The van der Waals surface area contributed by atoms with Crippen molar-refractivity contribution >= 4 is 5.97 Å². The number of hydrogen-bond donors (Lipinski definition) is 1. The van der Waals surface area contributed by atoms with E-state index in [0.717, 1.165) is 0 Å². The summed E-state index contributed by atoms with van der Waals surface area (Å²) in [6.07, 6.45) is 2.91. The van der Waals surface area contributed by atoms with Crippen LogP contribution in [0.5, 0.6) is 0 Å². The summed E-state index contributed by atoms with van der Waals surface area (Å²) in [5.41, 5.74) is 0.917. The molecule has 1 heterocycles. The van der Waals surface area contributed by atoms with Crippen molar-refractivity contribution in [1.82, 2.24) is 14.8 Å². The average Bonchev–Trinajstić information content (AvgIpc) is 2.71. The van der Waals surface area contributed by atoms with Crippen LogP contribution < -0.4 is 0 Å². The molecule has 5 nitrogen and oxygen atoms in total. The van der Waals surface area contributed by atoms with Crippen molar-refractivity contribution in [3.05, 3.63) is 42.5 Å². The predicted molar refractivity (Wildman–Crippen MR) is 48.3 cm³/mol. The Bertz CT molecular complexity index is 451. The molecule has 0 saturated carbocycles. The number of aromatic nitrogens is 3. The van der Waals surface area contributed by atoms with E-state index in [-0.39, 0.29) is 5.56 Å². The van der Waals surface area contributed by atoms with Gasteiger partial charge in [-0.15, -0.1) is 0 Å². The van der Waals surface area contributed by atoms with Gasteiger partial charge in [0, 0.05) is 0 Å². The third kappa shape index (κ3) is 1.47. The van der Waals surface area contributed by atoms with Gasteiger partial charge in [-0.1, -0.05) is 6.07 Å². The fourth-order valence-electron chi connectivity index (χ4n) is 1.12. The maximum absolute atomic E-state index is 10.7. The number of carboxylic acids is 1. The van der Waals surface area contributed by atoms with E-state index >= 15 is 0 Å². The van der Waals surface area contributed by atoms with Gasteiger partial charge in [-0.05, 0) is 18.2 Å². The molecule has 0 unspecified atom stereocenters. The van der Waals surface area contributed by atoms with Gasteiger partial charge in [0.05, 0.1) is 11.3 Å². The lowest BCUT2D eigenvalue weighted by Crippen LogP contribution is -1.99. The Morgan fingerprint density at radius 2 is 2.29 bits per heavy atom. The van der Waals surface area contributed by atoms with E-state index in [4.69, 9.17) is 5.11 Å². The van der Waals surface area contributed by atoms with Gasteiger partial charge in [-0.2, -0.15) is 5.10 Å². The number of carbonyl (C=O) groups is 1. The zero-order valence-corrected chi connectivity index (χ0v) is 7.16. The van der Waals surface area contributed by atoms with Crippen molar-refractivity contribution in [2.75, 3.05) is 0 Å². The minimum atomic E-state index is -0.952. The molecule has 0 saturated heterocycles. The van der Waals surface area contributed by atoms with Crippen molar-refractivity contribution in [2.24, 2.45) is 0 Å². The summed E-state index contributed by atoms with van der Waals surface area (Å²) in [6.45, 7) is 0. The number of benzene rings is 1. The Hall–Kier alpha value is -2.17. The molecule has 0 aliphatic carbocycles. The SMILES string of the molecule is O=C(O)c1cccc(-n2cncn2)c1. The minimum absolute atomic E-state index is 0.234. The molecule has 0 fully saturated rings. The Morgan fingerprint density at radius 3 is 2.93 bits per heavy atom. The van der Waals surface area contributed by atoms with E-state index in [1.54, 1.807) is 12.1 Å². The van der Waals surface area contributed by atoms with Crippen LogP contribution in [0.3, 0.4) is 0 Å². The zero-order valence-electron chi connectivity index (χ0n) is 7.16. The van der Waals surface area contributed by atoms with Crippen molar-refractivity contribution in [3.63, 3.8) is 0 Å². The number of nitrogens with zero attached hydrogens (tertiary/aromatic N) is 3. The molecule has 70 valence electrons. The van der Waals surface area contributed by atoms with Crippen LogP contribution >= 0.6 is 0 Å². The van der Waals surface area contributed by atoms with Gasteiger partial charge in [0.25, 0.3) is 0 Å². The largest absolute Gasteiger partial charge is 0.478 e. The van der Waals surface area contributed by atoms with Crippen molar-refractivity contribution in [3.8, 4) is 5.69 Å². The topological polar surface area (TPSA) is 68.0 Å². The standard InChI is InChI=1S/C9H7N3O2/c13-9(14)7-2-1-3-8(4-7)12-6-10-5-11-12/h1-6H,(H,13,14). The summed E-state index contributed by atoms with van der Waals surface area (Å²) < 4.78 is 1.51. The number of hydrogen-bond acceptors (Lipinski definition) is 3. The molecule has 14 heavy (non-hydrogen) atoms. The number of rotatable bonds is 2. The van der Waals surface area contributed by atoms with E-state index in [1.807, 2.05) is 0 Å². The molecule has 5 heteroatoms. The van der Waals surface area contributed by atoms with Gasteiger partial charge in [-0.25, -0.2) is 14.5 Å². The van der Waals surface area contributed by atoms with Crippen LogP contribution in [0, 0.1) is 0 Å². The molecule has 1 aromatic heterocycles. The highest BCUT2D eigenvalue weighted by atomic mass is 16.4. The molecule has 1 aromatic carbocycles. The normalized spacial score (nSPS) is 10.0. The Labute approximate surface area is 79.6 Å². The summed E-state index contributed by atoms with van der Waals surface area (Å²) in [6, 6.07) is 6.50. The van der Waals surface area contributed by atoms with Gasteiger partial charge in [0.15, 0.2) is 0 Å². The first-order valence-corrected chi connectivity index (χ1v) is 3.96. The summed E-state index contributed by atoms with van der Waals surface area (Å²) in [5, 5.41) is 12.7. The second-order valence-electron chi connectivity index (χ2n) is 2.70. The highest BCUT2D eigenvalue weighted by Crippen LogP contribution is 2.08. The van der Waals surface area contributed by atoms with Gasteiger partial charge >= 0.3 is 5.97 Å². The van der Waals surface area contributed by atoms with E-state index in [9.17, 15) is 4.79 Å². The van der Waals surface area contributed by atoms with Gasteiger partial charge < -0.3 is 5.11 Å². The molecule has 0 aliphatic heterocycles. The van der Waals surface area contributed by atoms with E-state index in [0.29, 0.717) is 5.69 Å². The van der Waals surface area contributed by atoms with Crippen molar-refractivity contribution in [1.29, 1.82) is 0 Å². The zero-order chi connectivity index (χ0) is 9.97. The first-order chi connectivity index (χ1) is 6.77. The second kappa shape index (κ2) is 3.29. The van der Waals surface area contributed by atoms with Crippen LogP contribution in [0.1, 0.15) is 10.4 Å². The molecule has 0 radical (unpaired) electrons. The number of aromatic carboxylic acids is 1. The number of carboxylic acid groups (broad SMARTS) is 1. The lowest BCUT2D eigenvalue weighted by molar-refractivity contribution is 0.0697. The summed E-state index contributed by atoms with van der Waals surface area (Å²) in [5.74, 6) is -0.952. The highest BCUT2D eigenvalue weighted by molar-refractivity contribution is 5.88. The van der Waals surface area contributed by atoms with Gasteiger partial charge in [0.2, 0.25) is 0 Å². The molecule has 0 amide bonds. The predicted octanol–water partition coefficient (Wildman–Crippen LogP) is 0.965. The Morgan fingerprint density at radius 1 is 1.43 bits per heavy atom. The van der Waals surface area contributed by atoms with Crippen LogP contribution in [-0.4, -0.2) is 25.8 Å². The highest BCUT2D eigenvalue weighted by Gasteiger charge is 2.03. The fourth-order valence-corrected chi connectivity index (χ4v) is 1.12. The summed E-state index contributed by atoms with van der Waals surface area (Å²) >= 11 is 0. The van der Waals surface area contributed by atoms with Crippen molar-refractivity contribution in [2.45, 2.75) is 0 Å². The van der Waals surface area contributed by atoms with Crippen LogP contribution in [0.2, 0.25) is 0 Å². The van der Waals surface area contributed by atoms with E-state index in [1.165, 1.54) is 29.5 Å². The van der Waals surface area contributed by atoms with Crippen LogP contribution in [0.4, 0.5) is 0 Å². The Kier molecular flexibility index (Phi) is 1.98. The van der Waals surface area contributed by atoms with Crippen LogP contribution in [-0.2, 0) is 0 Å². The first-order valence-electron chi connectivity index (χ1n) is 3.96. The maximum atomic E-state index is 10.7. The van der Waals surface area contributed by atoms with Gasteiger partial charge in [0.1, 0.15) is 12.7 Å². The fraction of sp³-hybridized carbons (Fsp3) is 0. The molecule has 0 atom stereocenters. The van der Waals surface area contributed by atoms with E-state index < -0.39 is 5.97 Å². The third-order valence-corrected chi connectivity index (χ3v) is 1.78. The smallest absolute Gasteiger partial charge is 0.335 e. The minimum Gasteiger partial charge on any atom is -0.478 e. The molecule has 0 bridgehead atoms. The molecule has 2 aromatic rings. The molecule has 2 rings (SSSR count). The monoisotopic (exact) mass is 189 g/mol. The summed E-state index contributed by atoms with van der Waals surface area (Å²) in [4.78, 5) is 14.5. The molecular weight excluding hydrogens is 182 g/mol. The van der Waals surface area contributed by atoms with Crippen molar-refractivity contribution < 1.29 is 9.90 Å². The average molecular weight is 189 g/mol. The lowest BCUT2D eigenvalue weighted by atomic mass is 10.2. The molecule has 0 spiro atoms. The quantitative estimate of drug-likeness (QED) is 0.764. The van der Waals surface area contributed by atoms with E-state index in [2.05, 4.69) is 10.1 Å². The molecule has 0 aliphatic rings. The Balaban J connectivity index is 2.46. The van der Waals surface area contributed by atoms with Crippen LogP contribution in [0.25, 0.3) is 5.69 Å². The van der Waals surface area contributed by atoms with Gasteiger partial charge in [-0.3, -0.25) is 0 Å². The molecule has 1 N–H and O–H groups in total. The molecular formula is C9H7N3O2. The second-order valence-corrected chi connectivity index (χ2v) is 2.70.